The highest BCUT2D eigenvalue weighted by Crippen LogP contribution is 2.17. The topological polar surface area (TPSA) is 49.2 Å². The maximum Gasteiger partial charge on any atom is 0.0931 e. The smallest absolute Gasteiger partial charge is 0.0931 e. The average molecular weight is 257 g/mol. The van der Waals surface area contributed by atoms with Crippen LogP contribution < -0.4 is 4.90 Å². The summed E-state index contributed by atoms with van der Waals surface area (Å²) in [6, 6.07) is 9.77. The van der Waals surface area contributed by atoms with Crippen LogP contribution in [0.1, 0.15) is 31.3 Å². The van der Waals surface area contributed by atoms with Gasteiger partial charge in [0, 0.05) is 12.7 Å². The molecule has 2 rings (SSSR count). The maximum atomic E-state index is 9.46. The van der Waals surface area contributed by atoms with E-state index in [1.165, 1.54) is 0 Å². The molecular weight excluding hydrogens is 238 g/mol. The first kappa shape index (κ1) is 13.5. The van der Waals surface area contributed by atoms with Crippen LogP contribution in [0, 0.1) is 0 Å². The molecule has 2 aromatic heterocycles. The summed E-state index contributed by atoms with van der Waals surface area (Å²) in [5.41, 5.74) is 2.76. The van der Waals surface area contributed by atoms with E-state index in [0.29, 0.717) is 5.69 Å². The molecule has 0 aliphatic heterocycles. The third-order valence-electron chi connectivity index (χ3n) is 3.02. The molecule has 0 bridgehead atoms. The predicted molar refractivity (Wildman–Crippen MR) is 75.8 cm³/mol. The Morgan fingerprint density at radius 1 is 1.21 bits per heavy atom. The number of anilines is 1. The van der Waals surface area contributed by atoms with Crippen LogP contribution in [0.3, 0.4) is 0 Å². The minimum atomic E-state index is -0.528. The lowest BCUT2D eigenvalue weighted by atomic mass is 10.2. The Kier molecular flexibility index (Phi) is 4.47. The molecule has 0 unspecified atom stereocenters. The van der Waals surface area contributed by atoms with Gasteiger partial charge in [0.15, 0.2) is 0 Å². The molecular formula is C15H19N3O. The first-order chi connectivity index (χ1) is 9.20. The van der Waals surface area contributed by atoms with Crippen molar-refractivity contribution in [2.45, 2.75) is 26.5 Å². The van der Waals surface area contributed by atoms with Crippen LogP contribution in [0.5, 0.6) is 0 Å². The number of hydrogen-bond donors (Lipinski definition) is 1. The fraction of sp³-hybridized carbons (Fsp3) is 0.333. The van der Waals surface area contributed by atoms with Crippen LogP contribution in [-0.4, -0.2) is 21.6 Å². The number of pyridine rings is 2. The summed E-state index contributed by atoms with van der Waals surface area (Å²) in [7, 11) is 0. The lowest BCUT2D eigenvalue weighted by Crippen LogP contribution is -2.22. The van der Waals surface area contributed by atoms with Crippen molar-refractivity contribution in [1.29, 1.82) is 0 Å². The van der Waals surface area contributed by atoms with Gasteiger partial charge in [-0.1, -0.05) is 6.07 Å². The van der Waals surface area contributed by atoms with Gasteiger partial charge in [-0.3, -0.25) is 9.97 Å². The maximum absolute atomic E-state index is 9.46. The minimum Gasteiger partial charge on any atom is -0.387 e. The first-order valence-corrected chi connectivity index (χ1v) is 6.49. The molecule has 19 heavy (non-hydrogen) atoms. The molecule has 2 heterocycles. The van der Waals surface area contributed by atoms with E-state index in [4.69, 9.17) is 0 Å². The molecule has 0 radical (unpaired) electrons. The summed E-state index contributed by atoms with van der Waals surface area (Å²) in [4.78, 5) is 10.8. The fourth-order valence-corrected chi connectivity index (χ4v) is 1.90. The Morgan fingerprint density at radius 2 is 2.05 bits per heavy atom. The van der Waals surface area contributed by atoms with E-state index >= 15 is 0 Å². The fourth-order valence-electron chi connectivity index (χ4n) is 1.90. The van der Waals surface area contributed by atoms with E-state index in [-0.39, 0.29) is 0 Å². The molecule has 0 saturated heterocycles. The second-order valence-corrected chi connectivity index (χ2v) is 4.45. The summed E-state index contributed by atoms with van der Waals surface area (Å²) in [6.45, 7) is 5.46. The van der Waals surface area contributed by atoms with Gasteiger partial charge in [-0.25, -0.2) is 0 Å². The largest absolute Gasteiger partial charge is 0.387 e. The summed E-state index contributed by atoms with van der Waals surface area (Å²) in [6.07, 6.45) is 3.08. The van der Waals surface area contributed by atoms with Crippen LogP contribution in [-0.2, 0) is 6.54 Å². The van der Waals surface area contributed by atoms with Gasteiger partial charge in [0.1, 0.15) is 0 Å². The highest BCUT2D eigenvalue weighted by atomic mass is 16.3. The zero-order chi connectivity index (χ0) is 13.7. The zero-order valence-electron chi connectivity index (χ0n) is 11.3. The van der Waals surface area contributed by atoms with Crippen molar-refractivity contribution in [3.63, 3.8) is 0 Å². The van der Waals surface area contributed by atoms with Crippen molar-refractivity contribution in [1.82, 2.24) is 9.97 Å². The Labute approximate surface area is 113 Å². The van der Waals surface area contributed by atoms with Crippen LogP contribution in [0.4, 0.5) is 5.69 Å². The lowest BCUT2D eigenvalue weighted by molar-refractivity contribution is 0.194. The van der Waals surface area contributed by atoms with Gasteiger partial charge in [0.25, 0.3) is 0 Å². The molecule has 0 aliphatic rings. The standard InChI is InChI=1S/C15H19N3O/c1-3-18(11-13-6-4-5-9-16-13)14-7-8-15(12(2)19)17-10-14/h4-10,12,19H,3,11H2,1-2H3/t12-/m1/s1. The third-order valence-corrected chi connectivity index (χ3v) is 3.02. The first-order valence-electron chi connectivity index (χ1n) is 6.49. The predicted octanol–water partition coefficient (Wildman–Crippen LogP) is 2.56. The summed E-state index contributed by atoms with van der Waals surface area (Å²) in [5, 5.41) is 9.46. The minimum absolute atomic E-state index is 0.528. The van der Waals surface area contributed by atoms with Gasteiger partial charge in [0.2, 0.25) is 0 Å². The molecule has 0 saturated carbocycles. The molecule has 1 N–H and O–H groups in total. The average Bonchev–Trinajstić information content (AvgIpc) is 2.46. The molecule has 0 aliphatic carbocycles. The second-order valence-electron chi connectivity index (χ2n) is 4.45. The highest BCUT2D eigenvalue weighted by Gasteiger charge is 2.08. The van der Waals surface area contributed by atoms with Crippen molar-refractivity contribution in [3.05, 3.63) is 54.1 Å². The molecule has 2 aromatic rings. The van der Waals surface area contributed by atoms with Gasteiger partial charge in [-0.2, -0.15) is 0 Å². The summed E-state index contributed by atoms with van der Waals surface area (Å²) < 4.78 is 0. The summed E-state index contributed by atoms with van der Waals surface area (Å²) >= 11 is 0. The Hall–Kier alpha value is -1.94. The second kappa shape index (κ2) is 6.29. The Morgan fingerprint density at radius 3 is 2.58 bits per heavy atom. The van der Waals surface area contributed by atoms with Crippen LogP contribution in [0.2, 0.25) is 0 Å². The highest BCUT2D eigenvalue weighted by molar-refractivity contribution is 5.44. The molecule has 0 amide bonds. The number of hydrogen-bond acceptors (Lipinski definition) is 4. The molecule has 0 spiro atoms. The van der Waals surface area contributed by atoms with Crippen molar-refractivity contribution < 1.29 is 5.11 Å². The normalized spacial score (nSPS) is 12.2. The van der Waals surface area contributed by atoms with Gasteiger partial charge < -0.3 is 10.0 Å². The number of rotatable bonds is 5. The third kappa shape index (κ3) is 3.51. The Balaban J connectivity index is 2.13. The van der Waals surface area contributed by atoms with Crippen LogP contribution >= 0.6 is 0 Å². The summed E-state index contributed by atoms with van der Waals surface area (Å²) in [5.74, 6) is 0. The number of aliphatic hydroxyl groups excluding tert-OH is 1. The molecule has 4 heteroatoms. The Bertz CT molecular complexity index is 497. The molecule has 4 nitrogen and oxygen atoms in total. The van der Waals surface area contributed by atoms with E-state index in [9.17, 15) is 5.11 Å². The van der Waals surface area contributed by atoms with Crippen molar-refractivity contribution >= 4 is 5.69 Å². The monoisotopic (exact) mass is 257 g/mol. The van der Waals surface area contributed by atoms with Gasteiger partial charge in [-0.15, -0.1) is 0 Å². The van der Waals surface area contributed by atoms with Gasteiger partial charge >= 0.3 is 0 Å². The van der Waals surface area contributed by atoms with E-state index in [1.807, 2.05) is 30.3 Å². The van der Waals surface area contributed by atoms with Crippen molar-refractivity contribution in [2.24, 2.45) is 0 Å². The number of nitrogens with zero attached hydrogens (tertiary/aromatic N) is 3. The van der Waals surface area contributed by atoms with Gasteiger partial charge in [0.05, 0.1) is 35.9 Å². The van der Waals surface area contributed by atoms with Crippen molar-refractivity contribution in [2.75, 3.05) is 11.4 Å². The van der Waals surface area contributed by atoms with E-state index in [1.54, 1.807) is 19.3 Å². The molecule has 0 aromatic carbocycles. The van der Waals surface area contributed by atoms with Crippen molar-refractivity contribution in [3.8, 4) is 0 Å². The molecule has 1 atom stereocenters. The van der Waals surface area contributed by atoms with Crippen LogP contribution in [0.25, 0.3) is 0 Å². The van der Waals surface area contributed by atoms with Gasteiger partial charge in [-0.05, 0) is 38.1 Å². The quantitative estimate of drug-likeness (QED) is 0.894. The van der Waals surface area contributed by atoms with Crippen LogP contribution in [0.15, 0.2) is 42.7 Å². The van der Waals surface area contributed by atoms with E-state index in [0.717, 1.165) is 24.5 Å². The SMILES string of the molecule is CCN(Cc1ccccn1)c1ccc([C@@H](C)O)nc1. The number of aliphatic hydroxyl groups is 1. The lowest BCUT2D eigenvalue weighted by Gasteiger charge is -2.22. The zero-order valence-corrected chi connectivity index (χ0v) is 11.3. The number of aromatic nitrogens is 2. The van der Waals surface area contributed by atoms with E-state index in [2.05, 4.69) is 21.8 Å². The molecule has 0 fully saturated rings. The van der Waals surface area contributed by atoms with E-state index < -0.39 is 6.10 Å². The molecule has 100 valence electrons.